The fraction of sp³-hybridized carbons (Fsp3) is 0.750. The quantitative estimate of drug-likeness (QED) is 0.354. The van der Waals surface area contributed by atoms with Crippen LogP contribution in [0.25, 0.3) is 0 Å². The third-order valence-corrected chi connectivity index (χ3v) is 2.95. The number of hydrogen-bond acceptors (Lipinski definition) is 4. The molecule has 0 aromatic rings. The van der Waals surface area contributed by atoms with Gasteiger partial charge in [0.2, 0.25) is 11.8 Å². The molecule has 0 aromatic carbocycles. The van der Waals surface area contributed by atoms with Crippen LogP contribution < -0.4 is 10.6 Å². The van der Waals surface area contributed by atoms with E-state index in [1.54, 1.807) is 0 Å². The van der Waals surface area contributed by atoms with E-state index in [4.69, 9.17) is 9.47 Å². The summed E-state index contributed by atoms with van der Waals surface area (Å²) in [5.74, 6) is -0.106. The molecular formula is C16H30N2O4. The summed E-state index contributed by atoms with van der Waals surface area (Å²) in [5, 5.41) is 5.42. The van der Waals surface area contributed by atoms with Gasteiger partial charge in [-0.25, -0.2) is 0 Å². The highest BCUT2D eigenvalue weighted by molar-refractivity contribution is 5.86. The van der Waals surface area contributed by atoms with Gasteiger partial charge in [-0.2, -0.15) is 0 Å². The largest absolute Gasteiger partial charge is 0.380 e. The minimum atomic E-state index is -0.169. The van der Waals surface area contributed by atoms with E-state index in [-0.39, 0.29) is 11.8 Å². The van der Waals surface area contributed by atoms with Crippen molar-refractivity contribution in [3.05, 3.63) is 12.7 Å². The van der Waals surface area contributed by atoms with Crippen molar-refractivity contribution in [3.63, 3.8) is 0 Å². The van der Waals surface area contributed by atoms with Crippen molar-refractivity contribution < 1.29 is 19.1 Å². The molecule has 0 heterocycles. The molecule has 128 valence electrons. The molecular weight excluding hydrogens is 284 g/mol. The molecule has 0 bridgehead atoms. The Labute approximate surface area is 133 Å². The summed E-state index contributed by atoms with van der Waals surface area (Å²) >= 11 is 0. The minimum absolute atomic E-state index is 0.0626. The van der Waals surface area contributed by atoms with E-state index < -0.39 is 0 Å². The lowest BCUT2D eigenvalue weighted by Gasteiger charge is -2.06. The van der Waals surface area contributed by atoms with Crippen molar-refractivity contribution in [2.45, 2.75) is 39.0 Å². The first-order chi connectivity index (χ1) is 10.7. The predicted molar refractivity (Wildman–Crippen MR) is 86.6 cm³/mol. The van der Waals surface area contributed by atoms with Crippen LogP contribution in [0.4, 0.5) is 0 Å². The van der Waals surface area contributed by atoms with E-state index in [1.165, 1.54) is 6.08 Å². The van der Waals surface area contributed by atoms with Crippen molar-refractivity contribution >= 4 is 11.8 Å². The average molecular weight is 314 g/mol. The first-order valence-electron chi connectivity index (χ1n) is 8.03. The summed E-state index contributed by atoms with van der Waals surface area (Å²) in [6, 6.07) is 0. The molecule has 6 nitrogen and oxygen atoms in total. The van der Waals surface area contributed by atoms with Crippen LogP contribution in [0, 0.1) is 0 Å². The Bertz CT molecular complexity index is 309. The third kappa shape index (κ3) is 15.0. The van der Waals surface area contributed by atoms with E-state index in [2.05, 4.69) is 17.2 Å². The van der Waals surface area contributed by atoms with Crippen molar-refractivity contribution in [1.82, 2.24) is 10.6 Å². The first kappa shape index (κ1) is 20.6. The zero-order valence-electron chi connectivity index (χ0n) is 13.7. The number of rotatable bonds is 15. The first-order valence-corrected chi connectivity index (χ1v) is 8.03. The molecule has 0 saturated carbocycles. The molecule has 0 aromatic heterocycles. The molecule has 0 rings (SSSR count). The number of unbranched alkanes of at least 4 members (excludes halogenated alkanes) is 3. The number of carbonyl (C=O) groups excluding carboxylic acids is 2. The van der Waals surface area contributed by atoms with Gasteiger partial charge in [0.25, 0.3) is 0 Å². The molecule has 6 heteroatoms. The summed E-state index contributed by atoms with van der Waals surface area (Å²) in [6.07, 6.45) is 6.02. The van der Waals surface area contributed by atoms with E-state index in [0.717, 1.165) is 32.3 Å². The summed E-state index contributed by atoms with van der Waals surface area (Å²) in [5.41, 5.74) is 0. The highest BCUT2D eigenvalue weighted by Gasteiger charge is 1.96. The molecule has 2 amide bonds. The summed E-state index contributed by atoms with van der Waals surface area (Å²) in [7, 11) is 0. The maximum atomic E-state index is 11.0. The summed E-state index contributed by atoms with van der Waals surface area (Å²) in [6.45, 7) is 8.87. The van der Waals surface area contributed by atoms with Crippen LogP contribution in [0.1, 0.15) is 39.0 Å². The highest BCUT2D eigenvalue weighted by atomic mass is 16.5. The fourth-order valence-corrected chi connectivity index (χ4v) is 1.67. The Morgan fingerprint density at radius 1 is 0.909 bits per heavy atom. The fourth-order valence-electron chi connectivity index (χ4n) is 1.67. The maximum Gasteiger partial charge on any atom is 0.243 e. The lowest BCUT2D eigenvalue weighted by molar-refractivity contribution is -0.121. The van der Waals surface area contributed by atoms with Gasteiger partial charge in [-0.1, -0.05) is 26.3 Å². The second-order valence-corrected chi connectivity index (χ2v) is 4.84. The van der Waals surface area contributed by atoms with Crippen LogP contribution in [-0.2, 0) is 19.1 Å². The lowest BCUT2D eigenvalue weighted by atomic mass is 10.2. The third-order valence-electron chi connectivity index (χ3n) is 2.95. The van der Waals surface area contributed by atoms with Gasteiger partial charge >= 0.3 is 0 Å². The summed E-state index contributed by atoms with van der Waals surface area (Å²) < 4.78 is 10.8. The Morgan fingerprint density at radius 2 is 1.45 bits per heavy atom. The number of carbonyl (C=O) groups is 2. The second kappa shape index (κ2) is 16.0. The molecule has 0 saturated heterocycles. The van der Waals surface area contributed by atoms with Crippen LogP contribution in [-0.4, -0.2) is 51.3 Å². The van der Waals surface area contributed by atoms with Gasteiger partial charge in [0.1, 0.15) is 0 Å². The van der Waals surface area contributed by atoms with E-state index in [0.29, 0.717) is 39.3 Å². The Balaban J connectivity index is 3.07. The number of nitrogens with one attached hydrogen (secondary N) is 2. The Kier molecular flexibility index (Phi) is 15.0. The molecule has 0 spiro atoms. The molecule has 22 heavy (non-hydrogen) atoms. The number of amides is 2. The van der Waals surface area contributed by atoms with E-state index in [1.807, 2.05) is 6.92 Å². The molecule has 0 atom stereocenters. The van der Waals surface area contributed by atoms with Crippen molar-refractivity contribution in [3.8, 4) is 0 Å². The standard InChI is InChI=1S/C16H30N2O4/c1-3-15(19)17-9-13-21-11-7-5-6-8-12-22-14-10-18-16(20)4-2/h3H,1,4-14H2,2H3,(H,17,19)(H,18,20). The Hall–Kier alpha value is -1.40. The van der Waals surface area contributed by atoms with E-state index >= 15 is 0 Å². The minimum Gasteiger partial charge on any atom is -0.380 e. The smallest absolute Gasteiger partial charge is 0.243 e. The van der Waals surface area contributed by atoms with Crippen molar-refractivity contribution in [2.75, 3.05) is 39.5 Å². The Morgan fingerprint density at radius 3 is 1.95 bits per heavy atom. The molecule has 0 unspecified atom stereocenters. The summed E-state index contributed by atoms with van der Waals surface area (Å²) in [4.78, 5) is 21.8. The van der Waals surface area contributed by atoms with E-state index in [9.17, 15) is 9.59 Å². The molecule has 0 radical (unpaired) electrons. The number of hydrogen-bond donors (Lipinski definition) is 2. The van der Waals surface area contributed by atoms with Gasteiger partial charge in [0.15, 0.2) is 0 Å². The van der Waals surface area contributed by atoms with Crippen LogP contribution in [0.15, 0.2) is 12.7 Å². The van der Waals surface area contributed by atoms with Crippen LogP contribution in [0.5, 0.6) is 0 Å². The highest BCUT2D eigenvalue weighted by Crippen LogP contribution is 2.00. The van der Waals surface area contributed by atoms with Gasteiger partial charge < -0.3 is 20.1 Å². The predicted octanol–water partition coefficient (Wildman–Crippen LogP) is 1.41. The zero-order chi connectivity index (χ0) is 16.5. The van der Waals surface area contributed by atoms with Crippen LogP contribution in [0.3, 0.4) is 0 Å². The van der Waals surface area contributed by atoms with Crippen LogP contribution in [0.2, 0.25) is 0 Å². The molecule has 0 aliphatic rings. The monoisotopic (exact) mass is 314 g/mol. The topological polar surface area (TPSA) is 76.7 Å². The second-order valence-electron chi connectivity index (χ2n) is 4.84. The van der Waals surface area contributed by atoms with Gasteiger partial charge in [0, 0.05) is 32.7 Å². The van der Waals surface area contributed by atoms with Crippen molar-refractivity contribution in [1.29, 1.82) is 0 Å². The lowest BCUT2D eigenvalue weighted by Crippen LogP contribution is -2.26. The molecule has 0 aliphatic heterocycles. The van der Waals surface area contributed by atoms with Gasteiger partial charge in [0.05, 0.1) is 13.2 Å². The zero-order valence-corrected chi connectivity index (χ0v) is 13.7. The molecule has 0 aliphatic carbocycles. The maximum absolute atomic E-state index is 11.0. The van der Waals surface area contributed by atoms with Gasteiger partial charge in [-0.3, -0.25) is 9.59 Å². The average Bonchev–Trinajstić information content (AvgIpc) is 2.54. The molecule has 2 N–H and O–H groups in total. The number of ether oxygens (including phenoxy) is 2. The van der Waals surface area contributed by atoms with Gasteiger partial charge in [-0.05, 0) is 18.9 Å². The van der Waals surface area contributed by atoms with Gasteiger partial charge in [-0.15, -0.1) is 0 Å². The molecule has 0 fully saturated rings. The normalized spacial score (nSPS) is 10.2. The van der Waals surface area contributed by atoms with Crippen LogP contribution >= 0.6 is 0 Å². The van der Waals surface area contributed by atoms with Crippen molar-refractivity contribution in [2.24, 2.45) is 0 Å². The SMILES string of the molecule is C=CC(=O)NCCOCCCCCCOCCNC(=O)CC.